The van der Waals surface area contributed by atoms with E-state index in [1.165, 1.54) is 24.3 Å². The number of halogens is 2. The van der Waals surface area contributed by atoms with Crippen LogP contribution in [0.2, 0.25) is 0 Å². The van der Waals surface area contributed by atoms with Gasteiger partial charge in [0.05, 0.1) is 17.6 Å². The van der Waals surface area contributed by atoms with Gasteiger partial charge in [-0.3, -0.25) is 4.79 Å². The molecule has 0 radical (unpaired) electrons. The van der Waals surface area contributed by atoms with Gasteiger partial charge in [-0.1, -0.05) is 30.3 Å². The lowest BCUT2D eigenvalue weighted by Gasteiger charge is -2.47. The maximum Gasteiger partial charge on any atom is 0.233 e. The molecular weight excluding hydrogens is 424 g/mol. The van der Waals surface area contributed by atoms with Crippen molar-refractivity contribution in [2.45, 2.75) is 31.9 Å². The maximum absolute atomic E-state index is 13.4. The van der Waals surface area contributed by atoms with Crippen LogP contribution in [0.3, 0.4) is 0 Å². The fraction of sp³-hybridized carbons (Fsp3) is 0.222. The third kappa shape index (κ3) is 4.66. The van der Waals surface area contributed by atoms with Crippen LogP contribution in [-0.2, 0) is 4.79 Å². The van der Waals surface area contributed by atoms with E-state index in [1.807, 2.05) is 6.08 Å². The summed E-state index contributed by atoms with van der Waals surface area (Å²) in [6.07, 6.45) is 2.17. The van der Waals surface area contributed by atoms with Gasteiger partial charge in [0.2, 0.25) is 5.91 Å². The Hall–Kier alpha value is -3.51. The van der Waals surface area contributed by atoms with E-state index in [4.69, 9.17) is 0 Å². The van der Waals surface area contributed by atoms with E-state index < -0.39 is 11.5 Å². The topological polar surface area (TPSA) is 60.8 Å². The Morgan fingerprint density at radius 1 is 0.939 bits per heavy atom. The number of rotatable bonds is 6. The minimum Gasteiger partial charge on any atom is -0.508 e. The molecule has 3 aromatic rings. The molecule has 3 aromatic carbocycles. The minimum atomic E-state index is -1.20. The highest BCUT2D eigenvalue weighted by Crippen LogP contribution is 2.46. The number of β-lactam (4-membered cyclic amide) rings is 1. The second-order valence-electron chi connectivity index (χ2n) is 8.75. The van der Waals surface area contributed by atoms with Gasteiger partial charge in [-0.05, 0) is 85.5 Å². The molecule has 6 heteroatoms. The molecule has 0 aliphatic carbocycles. The third-order valence-electron chi connectivity index (χ3n) is 5.94. The van der Waals surface area contributed by atoms with Crippen molar-refractivity contribution < 1.29 is 23.8 Å². The first kappa shape index (κ1) is 22.7. The molecule has 0 bridgehead atoms. The number of allylic oxidation sites excluding steroid dienone is 1. The lowest BCUT2D eigenvalue weighted by Crippen LogP contribution is -2.55. The molecular formula is C27H25F2NO3. The highest BCUT2D eigenvalue weighted by molar-refractivity contribution is 6.03. The van der Waals surface area contributed by atoms with Crippen LogP contribution in [0, 0.1) is 17.6 Å². The molecule has 1 heterocycles. The van der Waals surface area contributed by atoms with Gasteiger partial charge in [-0.25, -0.2) is 8.78 Å². The smallest absolute Gasteiger partial charge is 0.233 e. The monoisotopic (exact) mass is 449 g/mol. The van der Waals surface area contributed by atoms with Gasteiger partial charge in [0.1, 0.15) is 17.4 Å². The molecule has 0 unspecified atom stereocenters. The number of hydrogen-bond donors (Lipinski definition) is 2. The number of benzene rings is 3. The van der Waals surface area contributed by atoms with Gasteiger partial charge in [0.25, 0.3) is 0 Å². The van der Waals surface area contributed by atoms with Crippen LogP contribution in [0.4, 0.5) is 14.5 Å². The Balaban J connectivity index is 1.68. The molecule has 4 rings (SSSR count). The van der Waals surface area contributed by atoms with Gasteiger partial charge < -0.3 is 15.1 Å². The summed E-state index contributed by atoms with van der Waals surface area (Å²) in [6, 6.07) is 17.9. The van der Waals surface area contributed by atoms with Crippen LogP contribution in [0.1, 0.15) is 37.4 Å². The van der Waals surface area contributed by atoms with Crippen molar-refractivity contribution in [1.29, 1.82) is 0 Å². The average molecular weight is 449 g/mol. The SMILES string of the molecule is CC(C)(O)C(=CC[C@H]1C(=O)N(c2ccc(F)cc2)[C@@H]1c1ccc(O)cc1)c1ccc(F)cc1. The number of aromatic hydroxyl groups is 1. The standard InChI is InChI=1S/C27H25F2NO3/c1-27(2,33)24(17-3-7-19(28)8-4-17)16-15-23-25(18-5-13-22(31)14-6-18)30(26(23)32)21-11-9-20(29)10-12-21/h3-14,16,23,25,31,33H,15H2,1-2H3/t23-,25-/m1/s1. The number of nitrogens with zero attached hydrogens (tertiary/aromatic N) is 1. The highest BCUT2D eigenvalue weighted by Gasteiger charge is 2.48. The van der Waals surface area contributed by atoms with Crippen molar-refractivity contribution in [3.63, 3.8) is 0 Å². The molecule has 1 saturated heterocycles. The van der Waals surface area contributed by atoms with Crippen molar-refractivity contribution in [3.8, 4) is 5.75 Å². The van der Waals surface area contributed by atoms with Crippen LogP contribution in [0.25, 0.3) is 5.57 Å². The molecule has 2 N–H and O–H groups in total. The summed E-state index contributed by atoms with van der Waals surface area (Å²) in [5, 5.41) is 20.4. The van der Waals surface area contributed by atoms with E-state index in [0.29, 0.717) is 23.2 Å². The number of phenolic OH excluding ortho intramolecular Hbond substituents is 1. The zero-order valence-corrected chi connectivity index (χ0v) is 18.4. The molecule has 1 fully saturated rings. The number of phenols is 1. The molecule has 1 aliphatic heterocycles. The zero-order chi connectivity index (χ0) is 23.8. The Morgan fingerprint density at radius 2 is 1.48 bits per heavy atom. The van der Waals surface area contributed by atoms with E-state index in [2.05, 4.69) is 0 Å². The molecule has 1 amide bonds. The lowest BCUT2D eigenvalue weighted by molar-refractivity contribution is -0.130. The van der Waals surface area contributed by atoms with Gasteiger partial charge in [-0.2, -0.15) is 0 Å². The second-order valence-corrected chi connectivity index (χ2v) is 8.75. The first-order valence-corrected chi connectivity index (χ1v) is 10.7. The molecule has 33 heavy (non-hydrogen) atoms. The quantitative estimate of drug-likeness (QED) is 0.480. The fourth-order valence-electron chi connectivity index (χ4n) is 4.32. The van der Waals surface area contributed by atoms with Crippen LogP contribution in [-0.4, -0.2) is 21.7 Å². The van der Waals surface area contributed by atoms with Crippen LogP contribution < -0.4 is 4.90 Å². The van der Waals surface area contributed by atoms with Crippen LogP contribution in [0.15, 0.2) is 78.9 Å². The number of hydrogen-bond acceptors (Lipinski definition) is 3. The summed E-state index contributed by atoms with van der Waals surface area (Å²) in [7, 11) is 0. The summed E-state index contributed by atoms with van der Waals surface area (Å²) < 4.78 is 26.8. The Kier molecular flexibility index (Phi) is 6.04. The molecule has 0 saturated carbocycles. The molecule has 0 spiro atoms. The van der Waals surface area contributed by atoms with Gasteiger partial charge in [-0.15, -0.1) is 0 Å². The first-order valence-electron chi connectivity index (χ1n) is 10.7. The predicted molar refractivity (Wildman–Crippen MR) is 124 cm³/mol. The summed E-state index contributed by atoms with van der Waals surface area (Å²) in [6.45, 7) is 3.29. The third-order valence-corrected chi connectivity index (χ3v) is 5.94. The van der Waals surface area contributed by atoms with Gasteiger partial charge in [0, 0.05) is 5.69 Å². The lowest BCUT2D eigenvalue weighted by atomic mass is 9.78. The maximum atomic E-state index is 13.4. The Morgan fingerprint density at radius 3 is 2.03 bits per heavy atom. The number of carbonyl (C=O) groups excluding carboxylic acids is 1. The largest absolute Gasteiger partial charge is 0.508 e. The molecule has 0 aromatic heterocycles. The molecule has 4 nitrogen and oxygen atoms in total. The van der Waals surface area contributed by atoms with Crippen LogP contribution >= 0.6 is 0 Å². The van der Waals surface area contributed by atoms with E-state index in [-0.39, 0.29) is 29.3 Å². The van der Waals surface area contributed by atoms with Crippen LogP contribution in [0.5, 0.6) is 5.75 Å². The highest BCUT2D eigenvalue weighted by atomic mass is 19.1. The predicted octanol–water partition coefficient (Wildman–Crippen LogP) is 5.62. The van der Waals surface area contributed by atoms with Crippen molar-refractivity contribution in [2.24, 2.45) is 5.92 Å². The molecule has 170 valence electrons. The number of anilines is 1. The number of aliphatic hydroxyl groups is 1. The van der Waals surface area contributed by atoms with Crippen molar-refractivity contribution in [2.75, 3.05) is 4.90 Å². The van der Waals surface area contributed by atoms with E-state index in [1.54, 1.807) is 67.3 Å². The van der Waals surface area contributed by atoms with Gasteiger partial charge >= 0.3 is 0 Å². The van der Waals surface area contributed by atoms with Gasteiger partial charge in [0.15, 0.2) is 0 Å². The molecule has 2 atom stereocenters. The van der Waals surface area contributed by atoms with Crippen molar-refractivity contribution in [3.05, 3.63) is 102 Å². The summed E-state index contributed by atoms with van der Waals surface area (Å²) in [5.41, 5.74) is 1.49. The van der Waals surface area contributed by atoms with E-state index in [9.17, 15) is 23.8 Å². The second kappa shape index (κ2) is 8.79. The Labute approximate surface area is 191 Å². The van der Waals surface area contributed by atoms with E-state index >= 15 is 0 Å². The summed E-state index contributed by atoms with van der Waals surface area (Å²) in [4.78, 5) is 14.8. The zero-order valence-electron chi connectivity index (χ0n) is 18.4. The summed E-state index contributed by atoms with van der Waals surface area (Å²) in [5.74, 6) is -1.18. The van der Waals surface area contributed by atoms with E-state index in [0.717, 1.165) is 5.56 Å². The normalized spacial score (nSPS) is 18.9. The number of carbonyl (C=O) groups is 1. The average Bonchev–Trinajstić information content (AvgIpc) is 2.77. The van der Waals surface area contributed by atoms with Crippen molar-refractivity contribution in [1.82, 2.24) is 0 Å². The minimum absolute atomic E-state index is 0.120. The fourth-order valence-corrected chi connectivity index (χ4v) is 4.32. The first-order chi connectivity index (χ1) is 15.6. The van der Waals surface area contributed by atoms with Crippen molar-refractivity contribution >= 4 is 17.2 Å². The molecule has 1 aliphatic rings. The number of amides is 1. The summed E-state index contributed by atoms with van der Waals surface area (Å²) >= 11 is 0. The Bertz CT molecular complexity index is 1160.